The number of hydrogen-bond donors (Lipinski definition) is 2. The smallest absolute Gasteiger partial charge is 0.228 e. The van der Waals surface area contributed by atoms with Crippen molar-refractivity contribution in [1.29, 1.82) is 0 Å². The Morgan fingerprint density at radius 2 is 2.08 bits per heavy atom. The molecule has 0 radical (unpaired) electrons. The standard InChI is InChI=1S/C21H29N3O2/c1-15(16-7-9-18(10-8-16)24-12-4-6-19(24)25)23-20(26)21-11-3-2-5-17(21)13-22-14-21/h7-10,15,17,22H,2-6,11-14H2,1H3,(H,23,26)/t15?,17-,21+/m0/s1. The van der Waals surface area contributed by atoms with E-state index in [9.17, 15) is 9.59 Å². The van der Waals surface area contributed by atoms with Crippen LogP contribution in [0.2, 0.25) is 0 Å². The zero-order valence-corrected chi connectivity index (χ0v) is 15.6. The molecule has 3 aliphatic rings. The molecule has 2 saturated heterocycles. The second-order valence-electron chi connectivity index (χ2n) is 8.17. The largest absolute Gasteiger partial charge is 0.349 e. The molecule has 4 rings (SSSR count). The highest BCUT2D eigenvalue weighted by molar-refractivity contribution is 5.95. The highest BCUT2D eigenvalue weighted by Crippen LogP contribution is 2.44. The molecule has 3 atom stereocenters. The lowest BCUT2D eigenvalue weighted by Crippen LogP contribution is -2.48. The summed E-state index contributed by atoms with van der Waals surface area (Å²) in [5.74, 6) is 0.890. The van der Waals surface area contributed by atoms with Crippen molar-refractivity contribution in [3.63, 3.8) is 0 Å². The maximum atomic E-state index is 13.1. The van der Waals surface area contributed by atoms with Crippen LogP contribution in [0, 0.1) is 11.3 Å². The van der Waals surface area contributed by atoms with Crippen molar-refractivity contribution < 1.29 is 9.59 Å². The van der Waals surface area contributed by atoms with Crippen molar-refractivity contribution in [2.24, 2.45) is 11.3 Å². The predicted octanol–water partition coefficient (Wildman–Crippen LogP) is 2.77. The Morgan fingerprint density at radius 3 is 2.81 bits per heavy atom. The number of nitrogens with one attached hydrogen (secondary N) is 2. The Hall–Kier alpha value is -1.88. The van der Waals surface area contributed by atoms with Crippen LogP contribution in [0.5, 0.6) is 0 Å². The Morgan fingerprint density at radius 1 is 1.27 bits per heavy atom. The Bertz CT molecular complexity index is 687. The second kappa shape index (κ2) is 7.03. The lowest BCUT2D eigenvalue weighted by Gasteiger charge is -2.38. The molecule has 140 valence electrons. The van der Waals surface area contributed by atoms with Gasteiger partial charge in [-0.15, -0.1) is 0 Å². The fourth-order valence-corrected chi connectivity index (χ4v) is 4.98. The molecule has 2 N–H and O–H groups in total. The molecular formula is C21H29N3O2. The number of anilines is 1. The predicted molar refractivity (Wildman–Crippen MR) is 102 cm³/mol. The van der Waals surface area contributed by atoms with Crippen LogP contribution in [0.25, 0.3) is 0 Å². The van der Waals surface area contributed by atoms with Gasteiger partial charge in [0, 0.05) is 25.2 Å². The highest BCUT2D eigenvalue weighted by atomic mass is 16.2. The summed E-state index contributed by atoms with van der Waals surface area (Å²) in [7, 11) is 0. The van der Waals surface area contributed by atoms with Crippen molar-refractivity contribution in [2.45, 2.75) is 51.5 Å². The van der Waals surface area contributed by atoms with E-state index in [1.54, 1.807) is 0 Å². The van der Waals surface area contributed by atoms with Crippen LogP contribution in [-0.4, -0.2) is 31.4 Å². The van der Waals surface area contributed by atoms with E-state index in [0.717, 1.165) is 56.6 Å². The molecule has 2 amide bonds. The highest BCUT2D eigenvalue weighted by Gasteiger charge is 2.49. The maximum absolute atomic E-state index is 13.1. The van der Waals surface area contributed by atoms with Crippen molar-refractivity contribution in [2.75, 3.05) is 24.5 Å². The van der Waals surface area contributed by atoms with Crippen LogP contribution in [0.15, 0.2) is 24.3 Å². The first-order valence-electron chi connectivity index (χ1n) is 10.0. The van der Waals surface area contributed by atoms with Crippen molar-refractivity contribution >= 4 is 17.5 Å². The molecule has 3 fully saturated rings. The summed E-state index contributed by atoms with van der Waals surface area (Å²) in [6.45, 7) is 4.64. The van der Waals surface area contributed by atoms with Gasteiger partial charge in [0.25, 0.3) is 0 Å². The van der Waals surface area contributed by atoms with E-state index in [1.807, 2.05) is 36.1 Å². The first-order chi connectivity index (χ1) is 12.6. The van der Waals surface area contributed by atoms with Crippen molar-refractivity contribution in [3.8, 4) is 0 Å². The number of nitrogens with zero attached hydrogens (tertiary/aromatic N) is 1. The van der Waals surface area contributed by atoms with E-state index >= 15 is 0 Å². The molecular weight excluding hydrogens is 326 g/mol. The zero-order chi connectivity index (χ0) is 18.1. The van der Waals surface area contributed by atoms with Gasteiger partial charge in [0.1, 0.15) is 0 Å². The number of fused-ring (bicyclic) bond motifs is 1. The number of benzene rings is 1. The Balaban J connectivity index is 1.43. The van der Waals surface area contributed by atoms with Gasteiger partial charge in [-0.25, -0.2) is 0 Å². The first-order valence-corrected chi connectivity index (χ1v) is 10.0. The monoisotopic (exact) mass is 355 g/mol. The van der Waals surface area contributed by atoms with Gasteiger partial charge < -0.3 is 15.5 Å². The molecule has 2 aliphatic heterocycles. The third-order valence-electron chi connectivity index (χ3n) is 6.62. The van der Waals surface area contributed by atoms with Gasteiger partial charge in [-0.3, -0.25) is 9.59 Å². The summed E-state index contributed by atoms with van der Waals surface area (Å²) in [5, 5.41) is 6.71. The van der Waals surface area contributed by atoms with Crippen LogP contribution in [0.3, 0.4) is 0 Å². The number of rotatable bonds is 4. The maximum Gasteiger partial charge on any atom is 0.228 e. The van der Waals surface area contributed by atoms with Gasteiger partial charge in [0.15, 0.2) is 0 Å². The number of hydrogen-bond acceptors (Lipinski definition) is 3. The van der Waals surface area contributed by atoms with Crippen molar-refractivity contribution in [1.82, 2.24) is 10.6 Å². The SMILES string of the molecule is CC(NC(=O)[C@@]12CCCC[C@H]1CNC2)c1ccc(N2CCCC2=O)cc1. The van der Waals surface area contributed by atoms with E-state index < -0.39 is 0 Å². The fourth-order valence-electron chi connectivity index (χ4n) is 4.98. The Labute approximate surface area is 155 Å². The molecule has 5 nitrogen and oxygen atoms in total. The summed E-state index contributed by atoms with van der Waals surface area (Å²) in [5.41, 5.74) is 1.83. The van der Waals surface area contributed by atoms with Crippen LogP contribution >= 0.6 is 0 Å². The minimum atomic E-state index is -0.214. The van der Waals surface area contributed by atoms with Crippen LogP contribution < -0.4 is 15.5 Å². The molecule has 0 aromatic heterocycles. The van der Waals surface area contributed by atoms with Crippen LogP contribution in [0.4, 0.5) is 5.69 Å². The molecule has 1 aliphatic carbocycles. The lowest BCUT2D eigenvalue weighted by molar-refractivity contribution is -0.134. The molecule has 1 aromatic rings. The van der Waals surface area contributed by atoms with Crippen LogP contribution in [0.1, 0.15) is 57.1 Å². The normalized spacial score (nSPS) is 29.5. The van der Waals surface area contributed by atoms with Gasteiger partial charge in [-0.05, 0) is 56.3 Å². The first kappa shape index (κ1) is 17.5. The summed E-state index contributed by atoms with van der Waals surface area (Å²) >= 11 is 0. The average Bonchev–Trinajstić information content (AvgIpc) is 3.28. The summed E-state index contributed by atoms with van der Waals surface area (Å²) in [6, 6.07) is 8.05. The molecule has 0 bridgehead atoms. The topological polar surface area (TPSA) is 61.4 Å². The van der Waals surface area contributed by atoms with E-state index in [0.29, 0.717) is 12.3 Å². The minimum absolute atomic E-state index is 0.0246. The molecule has 1 unspecified atom stereocenters. The lowest BCUT2D eigenvalue weighted by atomic mass is 9.67. The van der Waals surface area contributed by atoms with E-state index in [4.69, 9.17) is 0 Å². The van der Waals surface area contributed by atoms with E-state index in [1.165, 1.54) is 6.42 Å². The number of carbonyl (C=O) groups is 2. The van der Waals surface area contributed by atoms with Crippen molar-refractivity contribution in [3.05, 3.63) is 29.8 Å². The minimum Gasteiger partial charge on any atom is -0.349 e. The van der Waals surface area contributed by atoms with Gasteiger partial charge in [0.2, 0.25) is 11.8 Å². The van der Waals surface area contributed by atoms with E-state index in [-0.39, 0.29) is 23.3 Å². The van der Waals surface area contributed by atoms with Crippen LogP contribution in [-0.2, 0) is 9.59 Å². The summed E-state index contributed by atoms with van der Waals surface area (Å²) in [6.07, 6.45) is 6.13. The zero-order valence-electron chi connectivity index (χ0n) is 15.6. The molecule has 26 heavy (non-hydrogen) atoms. The average molecular weight is 355 g/mol. The van der Waals surface area contributed by atoms with Gasteiger partial charge in [0.05, 0.1) is 11.5 Å². The summed E-state index contributed by atoms with van der Waals surface area (Å²) < 4.78 is 0. The molecule has 1 saturated carbocycles. The van der Waals surface area contributed by atoms with E-state index in [2.05, 4.69) is 10.6 Å². The molecule has 0 spiro atoms. The fraction of sp³-hybridized carbons (Fsp3) is 0.619. The third-order valence-corrected chi connectivity index (χ3v) is 6.62. The summed E-state index contributed by atoms with van der Waals surface area (Å²) in [4.78, 5) is 26.8. The quantitative estimate of drug-likeness (QED) is 0.873. The van der Waals surface area contributed by atoms with Gasteiger partial charge in [-0.2, -0.15) is 0 Å². The molecule has 1 aromatic carbocycles. The molecule has 5 heteroatoms. The second-order valence-corrected chi connectivity index (χ2v) is 8.17. The number of carbonyl (C=O) groups excluding carboxylic acids is 2. The third kappa shape index (κ3) is 3.02. The molecule has 2 heterocycles. The Kier molecular flexibility index (Phi) is 4.74. The van der Waals surface area contributed by atoms with Gasteiger partial charge in [-0.1, -0.05) is 25.0 Å². The number of amides is 2. The van der Waals surface area contributed by atoms with Gasteiger partial charge >= 0.3 is 0 Å².